The summed E-state index contributed by atoms with van der Waals surface area (Å²) in [6.07, 6.45) is 0. The Hall–Kier alpha value is -3.49. The highest BCUT2D eigenvalue weighted by Gasteiger charge is 2.48. The van der Waals surface area contributed by atoms with Crippen LogP contribution in [0.5, 0.6) is 23.0 Å². The third-order valence-electron chi connectivity index (χ3n) is 6.15. The van der Waals surface area contributed by atoms with Crippen LogP contribution in [0.2, 0.25) is 24.2 Å². The van der Waals surface area contributed by atoms with Crippen LogP contribution < -0.4 is 17.7 Å². The van der Waals surface area contributed by atoms with Crippen molar-refractivity contribution in [3.05, 3.63) is 121 Å². The van der Waals surface area contributed by atoms with Crippen LogP contribution in [-0.2, 0) is 0 Å². The van der Waals surface area contributed by atoms with E-state index in [-0.39, 0.29) is 0 Å². The van der Waals surface area contributed by atoms with E-state index in [9.17, 15) is 0 Å². The summed E-state index contributed by atoms with van der Waals surface area (Å²) in [6.45, 7) is 4.31. The normalized spacial score (nSPS) is 11.5. The van der Waals surface area contributed by atoms with Crippen molar-refractivity contribution >= 4 is 17.1 Å². The molecule has 0 N–H and O–H groups in total. The highest BCUT2D eigenvalue weighted by Crippen LogP contribution is 2.33. The Balaban J connectivity index is 1.65. The summed E-state index contributed by atoms with van der Waals surface area (Å²) >= 11 is 0. The second-order valence-corrected chi connectivity index (χ2v) is 15.6. The molecule has 0 saturated heterocycles. The van der Waals surface area contributed by atoms with Gasteiger partial charge in [-0.2, -0.15) is 0 Å². The summed E-state index contributed by atoms with van der Waals surface area (Å²) in [4.78, 5) is 0. The molecule has 4 nitrogen and oxygen atoms in total. The van der Waals surface area contributed by atoms with Gasteiger partial charge in [0.15, 0.2) is 0 Å². The first-order valence-electron chi connectivity index (χ1n) is 12.6. The van der Waals surface area contributed by atoms with Crippen molar-refractivity contribution < 1.29 is 17.7 Å². The second-order valence-electron chi connectivity index (χ2n) is 8.69. The number of para-hydroxylation sites is 4. The van der Waals surface area contributed by atoms with Gasteiger partial charge in [0.05, 0.1) is 0 Å². The minimum Gasteiger partial charge on any atom is -0.512 e. The molecular weight excluding hydrogens is 480 g/mol. The lowest BCUT2D eigenvalue weighted by atomic mass is 10.3. The number of hydrogen-bond acceptors (Lipinski definition) is 4. The van der Waals surface area contributed by atoms with Gasteiger partial charge in [0.2, 0.25) is 0 Å². The first kappa shape index (κ1) is 25.6. The van der Waals surface area contributed by atoms with E-state index in [1.165, 1.54) is 0 Å². The zero-order valence-corrected chi connectivity index (χ0v) is 23.0. The summed E-state index contributed by atoms with van der Waals surface area (Å²) in [5.41, 5.74) is 0. The molecule has 186 valence electrons. The molecule has 0 atom stereocenters. The van der Waals surface area contributed by atoms with E-state index in [4.69, 9.17) is 17.7 Å². The fourth-order valence-electron chi connectivity index (χ4n) is 4.08. The number of benzene rings is 4. The highest BCUT2D eigenvalue weighted by atomic mass is 28.4. The minimum atomic E-state index is -2.74. The Kier molecular flexibility index (Phi) is 8.87. The fraction of sp³-hybridized carbons (Fsp3) is 0.200. The average Bonchev–Trinajstić information content (AvgIpc) is 2.94. The van der Waals surface area contributed by atoms with Gasteiger partial charge in [-0.25, -0.2) is 0 Å². The lowest BCUT2D eigenvalue weighted by molar-refractivity contribution is 0.362. The molecule has 0 spiro atoms. The standard InChI is InChI=1S/C30H34O4Si2/c1-3-35(31-27-17-9-5-10-18-27,32-28-19-11-6-12-20-28)25-26-36(4-2,33-29-21-13-7-14-22-29)34-30-23-15-8-16-24-30/h5-24H,3-4,25-26H2,1-2H3. The molecular formula is C30H34O4Si2. The summed E-state index contributed by atoms with van der Waals surface area (Å²) in [5, 5.41) is 0. The molecule has 0 unspecified atom stereocenters. The quantitative estimate of drug-likeness (QED) is 0.168. The molecule has 4 aromatic carbocycles. The largest absolute Gasteiger partial charge is 0.512 e. The summed E-state index contributed by atoms with van der Waals surface area (Å²) in [6, 6.07) is 43.0. The van der Waals surface area contributed by atoms with E-state index in [0.717, 1.165) is 47.2 Å². The Morgan fingerprint density at radius 3 is 0.806 bits per heavy atom. The second kappa shape index (κ2) is 12.5. The van der Waals surface area contributed by atoms with Crippen molar-refractivity contribution in [2.24, 2.45) is 0 Å². The molecule has 0 aliphatic rings. The molecule has 0 aromatic heterocycles. The van der Waals surface area contributed by atoms with Crippen molar-refractivity contribution in [2.75, 3.05) is 0 Å². The monoisotopic (exact) mass is 514 g/mol. The number of hydrogen-bond donors (Lipinski definition) is 0. The van der Waals surface area contributed by atoms with Crippen LogP contribution in [0.15, 0.2) is 121 Å². The van der Waals surface area contributed by atoms with Crippen LogP contribution in [0.1, 0.15) is 13.8 Å². The van der Waals surface area contributed by atoms with Gasteiger partial charge in [0.1, 0.15) is 23.0 Å². The van der Waals surface area contributed by atoms with Gasteiger partial charge in [0.25, 0.3) is 0 Å². The van der Waals surface area contributed by atoms with Gasteiger partial charge in [-0.3, -0.25) is 0 Å². The summed E-state index contributed by atoms with van der Waals surface area (Å²) in [5.74, 6) is 3.33. The van der Waals surface area contributed by atoms with Crippen molar-refractivity contribution in [3.8, 4) is 23.0 Å². The Morgan fingerprint density at radius 1 is 0.389 bits per heavy atom. The molecule has 6 heteroatoms. The summed E-state index contributed by atoms with van der Waals surface area (Å²) < 4.78 is 26.9. The zero-order valence-electron chi connectivity index (χ0n) is 21.0. The van der Waals surface area contributed by atoms with Crippen LogP contribution >= 0.6 is 0 Å². The van der Waals surface area contributed by atoms with Crippen molar-refractivity contribution in [1.82, 2.24) is 0 Å². The van der Waals surface area contributed by atoms with Crippen LogP contribution in [0.25, 0.3) is 0 Å². The third-order valence-corrected chi connectivity index (χ3v) is 13.3. The van der Waals surface area contributed by atoms with Gasteiger partial charge < -0.3 is 17.7 Å². The van der Waals surface area contributed by atoms with Gasteiger partial charge in [-0.15, -0.1) is 0 Å². The SMILES string of the molecule is CC[Si](CC[Si](CC)(Oc1ccccc1)Oc1ccccc1)(Oc1ccccc1)Oc1ccccc1. The molecule has 0 radical (unpaired) electrons. The molecule has 4 rings (SSSR count). The van der Waals surface area contributed by atoms with Gasteiger partial charge in [0, 0.05) is 24.2 Å². The zero-order chi connectivity index (χ0) is 25.1. The highest BCUT2D eigenvalue weighted by molar-refractivity contribution is 6.74. The lowest BCUT2D eigenvalue weighted by Gasteiger charge is -2.35. The minimum absolute atomic E-state index is 0.743. The molecule has 0 aliphatic carbocycles. The molecule has 0 fully saturated rings. The topological polar surface area (TPSA) is 36.9 Å². The molecule has 0 saturated carbocycles. The van der Waals surface area contributed by atoms with Gasteiger partial charge in [-0.05, 0) is 48.5 Å². The fourth-order valence-corrected chi connectivity index (χ4v) is 11.2. The molecule has 0 heterocycles. The van der Waals surface area contributed by atoms with Crippen molar-refractivity contribution in [2.45, 2.75) is 38.0 Å². The Morgan fingerprint density at radius 2 is 0.611 bits per heavy atom. The van der Waals surface area contributed by atoms with Crippen molar-refractivity contribution in [3.63, 3.8) is 0 Å². The van der Waals surface area contributed by atoms with Gasteiger partial charge >= 0.3 is 17.1 Å². The Labute approximate surface area is 217 Å². The molecule has 4 aromatic rings. The van der Waals surface area contributed by atoms with Crippen molar-refractivity contribution in [1.29, 1.82) is 0 Å². The van der Waals surface area contributed by atoms with E-state index in [0.29, 0.717) is 0 Å². The maximum absolute atomic E-state index is 6.72. The van der Waals surface area contributed by atoms with Crippen LogP contribution in [0.4, 0.5) is 0 Å². The molecule has 0 amide bonds. The van der Waals surface area contributed by atoms with E-state index in [2.05, 4.69) is 13.8 Å². The Bertz CT molecular complexity index is 981. The maximum atomic E-state index is 6.72. The molecule has 0 aliphatic heterocycles. The van der Waals surface area contributed by atoms with E-state index >= 15 is 0 Å². The average molecular weight is 515 g/mol. The van der Waals surface area contributed by atoms with Crippen LogP contribution in [0.3, 0.4) is 0 Å². The maximum Gasteiger partial charge on any atom is 0.460 e. The lowest BCUT2D eigenvalue weighted by Crippen LogP contribution is -2.53. The number of rotatable bonds is 13. The predicted molar refractivity (Wildman–Crippen MR) is 150 cm³/mol. The first-order valence-corrected chi connectivity index (χ1v) is 17.1. The first-order chi connectivity index (χ1) is 17.6. The van der Waals surface area contributed by atoms with E-state index < -0.39 is 17.1 Å². The van der Waals surface area contributed by atoms with E-state index in [1.54, 1.807) is 0 Å². The molecule has 36 heavy (non-hydrogen) atoms. The third kappa shape index (κ3) is 7.02. The molecule has 0 bridgehead atoms. The van der Waals surface area contributed by atoms with Crippen LogP contribution in [0, 0.1) is 0 Å². The van der Waals surface area contributed by atoms with E-state index in [1.807, 2.05) is 121 Å². The van der Waals surface area contributed by atoms with Crippen LogP contribution in [-0.4, -0.2) is 17.1 Å². The summed E-state index contributed by atoms with van der Waals surface area (Å²) in [7, 11) is -5.47. The smallest absolute Gasteiger partial charge is 0.460 e. The van der Waals surface area contributed by atoms with Gasteiger partial charge in [-0.1, -0.05) is 86.6 Å². The predicted octanol–water partition coefficient (Wildman–Crippen LogP) is 8.23.